The summed E-state index contributed by atoms with van der Waals surface area (Å²) >= 11 is 5.31. The largest absolute Gasteiger partial charge is 0.409 e. The van der Waals surface area contributed by atoms with Crippen LogP contribution in [0, 0.1) is 4.84 Å². The van der Waals surface area contributed by atoms with E-state index in [1.54, 1.807) is 33.6 Å². The molecular weight excluding hydrogens is 424 g/mol. The van der Waals surface area contributed by atoms with Crippen LogP contribution in [0.3, 0.4) is 0 Å². The highest BCUT2D eigenvalue weighted by molar-refractivity contribution is 7.89. The Balaban J connectivity index is 1.82. The van der Waals surface area contributed by atoms with Crippen molar-refractivity contribution in [1.82, 2.24) is 28.8 Å². The first-order chi connectivity index (χ1) is 14.2. The maximum Gasteiger partial charge on any atom is 0.288 e. The smallest absolute Gasteiger partial charge is 0.288 e. The fraction of sp³-hybridized carbons (Fsp3) is 0.421. The monoisotopic (exact) mass is 450 g/mol. The molecule has 0 aliphatic heterocycles. The van der Waals surface area contributed by atoms with Gasteiger partial charge in [-0.25, -0.2) is 13.1 Å². The first-order valence-electron chi connectivity index (χ1n) is 9.59. The Morgan fingerprint density at radius 2 is 1.97 bits per heavy atom. The van der Waals surface area contributed by atoms with Crippen molar-refractivity contribution in [1.29, 1.82) is 0 Å². The molecule has 1 aromatic carbocycles. The topological polar surface area (TPSA) is 89.4 Å². The molecule has 0 atom stereocenters. The zero-order valence-electron chi connectivity index (χ0n) is 17.5. The Bertz CT molecular complexity index is 1160. The van der Waals surface area contributed by atoms with Crippen LogP contribution in [-0.2, 0) is 30.3 Å². The van der Waals surface area contributed by atoms with E-state index in [-0.39, 0.29) is 15.6 Å². The zero-order valence-corrected chi connectivity index (χ0v) is 19.2. The molecule has 3 rings (SSSR count). The minimum absolute atomic E-state index is 0.202. The second-order valence-electron chi connectivity index (χ2n) is 6.97. The van der Waals surface area contributed by atoms with Crippen molar-refractivity contribution in [2.75, 3.05) is 20.1 Å². The third-order valence-corrected chi connectivity index (χ3v) is 6.96. The van der Waals surface area contributed by atoms with Crippen LogP contribution in [0.2, 0.25) is 0 Å². The zero-order chi connectivity index (χ0) is 21.9. The molecule has 0 spiro atoms. The van der Waals surface area contributed by atoms with Crippen LogP contribution in [-0.4, -0.2) is 57.3 Å². The Morgan fingerprint density at radius 3 is 2.60 bits per heavy atom. The SMILES string of the molecule is CCN(CC)S(=O)(=O)c1cccc(-c2nn(CN(C)Cc3cnn(C)c3)c(=S)o2)c1. The van der Waals surface area contributed by atoms with E-state index in [0.29, 0.717) is 31.9 Å². The van der Waals surface area contributed by atoms with Crippen LogP contribution in [0.25, 0.3) is 11.5 Å². The summed E-state index contributed by atoms with van der Waals surface area (Å²) in [5.41, 5.74) is 1.63. The molecule has 0 saturated carbocycles. The maximum absolute atomic E-state index is 12.8. The third kappa shape index (κ3) is 4.86. The molecule has 162 valence electrons. The van der Waals surface area contributed by atoms with Gasteiger partial charge in [-0.3, -0.25) is 9.58 Å². The van der Waals surface area contributed by atoms with Crippen molar-refractivity contribution in [3.8, 4) is 11.5 Å². The van der Waals surface area contributed by atoms with Gasteiger partial charge in [-0.2, -0.15) is 9.40 Å². The number of nitrogens with zero attached hydrogens (tertiary/aromatic N) is 6. The van der Waals surface area contributed by atoms with Gasteiger partial charge < -0.3 is 4.42 Å². The summed E-state index contributed by atoms with van der Waals surface area (Å²) in [5, 5.41) is 8.62. The molecule has 0 unspecified atom stereocenters. The Hall–Kier alpha value is -2.34. The number of aryl methyl sites for hydroxylation is 1. The standard InChI is InChI=1S/C19H26N6O3S2/c1-5-24(6-2)30(26,27)17-9-7-8-16(10-17)18-21-25(19(29)28-18)14-22(3)12-15-11-20-23(4)13-15/h7-11,13H,5-6,12,14H2,1-4H3. The maximum atomic E-state index is 12.8. The van der Waals surface area contributed by atoms with E-state index in [1.807, 2.05) is 45.2 Å². The minimum Gasteiger partial charge on any atom is -0.409 e. The van der Waals surface area contributed by atoms with E-state index < -0.39 is 10.0 Å². The van der Waals surface area contributed by atoms with E-state index in [4.69, 9.17) is 16.6 Å². The van der Waals surface area contributed by atoms with Gasteiger partial charge in [0.1, 0.15) is 0 Å². The van der Waals surface area contributed by atoms with Gasteiger partial charge in [-0.1, -0.05) is 19.9 Å². The van der Waals surface area contributed by atoms with Crippen molar-refractivity contribution in [2.45, 2.75) is 32.0 Å². The van der Waals surface area contributed by atoms with Crippen LogP contribution >= 0.6 is 12.2 Å². The minimum atomic E-state index is -3.57. The highest BCUT2D eigenvalue weighted by Crippen LogP contribution is 2.23. The molecule has 2 heterocycles. The average Bonchev–Trinajstić information content (AvgIpc) is 3.28. The van der Waals surface area contributed by atoms with Gasteiger partial charge in [0.2, 0.25) is 15.9 Å². The molecular formula is C19H26N6O3S2. The normalized spacial score (nSPS) is 12.2. The van der Waals surface area contributed by atoms with E-state index in [0.717, 1.165) is 5.56 Å². The van der Waals surface area contributed by atoms with E-state index in [9.17, 15) is 8.42 Å². The van der Waals surface area contributed by atoms with Crippen molar-refractivity contribution in [2.24, 2.45) is 7.05 Å². The van der Waals surface area contributed by atoms with Gasteiger partial charge in [-0.05, 0) is 37.5 Å². The lowest BCUT2D eigenvalue weighted by molar-refractivity contribution is 0.240. The first kappa shape index (κ1) is 22.3. The van der Waals surface area contributed by atoms with E-state index >= 15 is 0 Å². The number of benzene rings is 1. The fourth-order valence-corrected chi connectivity index (χ4v) is 4.84. The number of sulfonamides is 1. The number of rotatable bonds is 9. The number of aromatic nitrogens is 4. The van der Waals surface area contributed by atoms with Crippen molar-refractivity contribution in [3.05, 3.63) is 47.1 Å². The van der Waals surface area contributed by atoms with E-state index in [2.05, 4.69) is 10.2 Å². The van der Waals surface area contributed by atoms with Gasteiger partial charge >= 0.3 is 0 Å². The summed E-state index contributed by atoms with van der Waals surface area (Å²) in [4.78, 5) is 2.45. The van der Waals surface area contributed by atoms with Crippen LogP contribution < -0.4 is 0 Å². The summed E-state index contributed by atoms with van der Waals surface area (Å²) < 4.78 is 36.0. The predicted octanol–water partition coefficient (Wildman–Crippen LogP) is 2.73. The Morgan fingerprint density at radius 1 is 1.23 bits per heavy atom. The summed E-state index contributed by atoms with van der Waals surface area (Å²) in [6, 6.07) is 6.58. The van der Waals surface area contributed by atoms with Crippen LogP contribution in [0.4, 0.5) is 0 Å². The lowest BCUT2D eigenvalue weighted by atomic mass is 10.2. The van der Waals surface area contributed by atoms with Gasteiger partial charge in [0.15, 0.2) is 0 Å². The fourth-order valence-electron chi connectivity index (χ4n) is 3.16. The first-order valence-corrected chi connectivity index (χ1v) is 11.4. The van der Waals surface area contributed by atoms with Gasteiger partial charge in [0, 0.05) is 44.0 Å². The number of hydrogen-bond donors (Lipinski definition) is 0. The van der Waals surface area contributed by atoms with Gasteiger partial charge in [-0.15, -0.1) is 5.10 Å². The van der Waals surface area contributed by atoms with Gasteiger partial charge in [0.25, 0.3) is 4.84 Å². The predicted molar refractivity (Wildman–Crippen MR) is 116 cm³/mol. The van der Waals surface area contributed by atoms with Gasteiger partial charge in [0.05, 0.1) is 17.8 Å². The molecule has 0 radical (unpaired) electrons. The molecule has 0 saturated heterocycles. The van der Waals surface area contributed by atoms with Crippen molar-refractivity contribution in [3.63, 3.8) is 0 Å². The molecule has 0 amide bonds. The molecule has 11 heteroatoms. The second-order valence-corrected chi connectivity index (χ2v) is 9.25. The quantitative estimate of drug-likeness (QED) is 0.463. The lowest BCUT2D eigenvalue weighted by Gasteiger charge is -2.18. The highest BCUT2D eigenvalue weighted by Gasteiger charge is 2.22. The molecule has 3 aromatic rings. The van der Waals surface area contributed by atoms with Crippen LogP contribution in [0.5, 0.6) is 0 Å². The molecule has 9 nitrogen and oxygen atoms in total. The third-order valence-electron chi connectivity index (χ3n) is 4.62. The Labute approximate surface area is 181 Å². The molecule has 0 aliphatic rings. The second kappa shape index (κ2) is 9.21. The lowest BCUT2D eigenvalue weighted by Crippen LogP contribution is -2.30. The van der Waals surface area contributed by atoms with E-state index in [1.165, 1.54) is 4.31 Å². The highest BCUT2D eigenvalue weighted by atomic mass is 32.2. The van der Waals surface area contributed by atoms with Crippen LogP contribution in [0.15, 0.2) is 46.0 Å². The molecule has 30 heavy (non-hydrogen) atoms. The summed E-state index contributed by atoms with van der Waals surface area (Å²) in [6.07, 6.45) is 3.76. The summed E-state index contributed by atoms with van der Waals surface area (Å²) in [6.45, 7) is 5.54. The van der Waals surface area contributed by atoms with Crippen LogP contribution in [0.1, 0.15) is 19.4 Å². The van der Waals surface area contributed by atoms with Crippen molar-refractivity contribution >= 4 is 22.2 Å². The molecule has 0 bridgehead atoms. The molecule has 0 N–H and O–H groups in total. The summed E-state index contributed by atoms with van der Waals surface area (Å²) in [7, 11) is 0.246. The molecule has 2 aromatic heterocycles. The summed E-state index contributed by atoms with van der Waals surface area (Å²) in [5.74, 6) is 0.284. The Kier molecular flexibility index (Phi) is 6.86. The average molecular weight is 451 g/mol. The van der Waals surface area contributed by atoms with Crippen molar-refractivity contribution < 1.29 is 12.8 Å². The molecule has 0 aliphatic carbocycles. The molecule has 0 fully saturated rings. The number of hydrogen-bond acceptors (Lipinski definition) is 7.